The van der Waals surface area contributed by atoms with Gasteiger partial charge in [0, 0.05) is 30.5 Å². The summed E-state index contributed by atoms with van der Waals surface area (Å²) in [6.07, 6.45) is 0. The van der Waals surface area contributed by atoms with E-state index in [1.807, 2.05) is 19.1 Å². The van der Waals surface area contributed by atoms with Gasteiger partial charge < -0.3 is 16.0 Å². The van der Waals surface area contributed by atoms with Gasteiger partial charge in [-0.05, 0) is 31.0 Å². The van der Waals surface area contributed by atoms with Gasteiger partial charge in [-0.3, -0.25) is 4.90 Å². The molecular formula is C15H22N4O2. The highest BCUT2D eigenvalue weighted by molar-refractivity contribution is 5.95. The normalized spacial score (nSPS) is 15.8. The Balaban J connectivity index is 2.01. The third kappa shape index (κ3) is 3.87. The lowest BCUT2D eigenvalue weighted by atomic mass is 10.1. The van der Waals surface area contributed by atoms with E-state index in [-0.39, 0.29) is 18.1 Å². The second-order valence-corrected chi connectivity index (χ2v) is 5.57. The van der Waals surface area contributed by atoms with Gasteiger partial charge in [0.1, 0.15) is 0 Å². The summed E-state index contributed by atoms with van der Waals surface area (Å²) < 4.78 is 0. The lowest BCUT2D eigenvalue weighted by molar-refractivity contribution is 0.246. The number of nitrogens with one attached hydrogen (secondary N) is 3. The number of hydrogen-bond donors (Lipinski definition) is 3. The van der Waals surface area contributed by atoms with Crippen LogP contribution >= 0.6 is 0 Å². The Morgan fingerprint density at radius 2 is 2.10 bits per heavy atom. The van der Waals surface area contributed by atoms with Crippen LogP contribution in [-0.2, 0) is 0 Å². The van der Waals surface area contributed by atoms with Gasteiger partial charge in [-0.25, -0.2) is 9.59 Å². The lowest BCUT2D eigenvalue weighted by Crippen LogP contribution is -2.39. The molecule has 1 heterocycles. The Labute approximate surface area is 124 Å². The minimum absolute atomic E-state index is 0.0949. The first-order valence-electron chi connectivity index (χ1n) is 7.20. The van der Waals surface area contributed by atoms with Crippen LogP contribution in [0.5, 0.6) is 0 Å². The van der Waals surface area contributed by atoms with E-state index in [2.05, 4.69) is 29.8 Å². The molecule has 1 aliphatic heterocycles. The summed E-state index contributed by atoms with van der Waals surface area (Å²) in [5, 5.41) is 8.43. The fraction of sp³-hybridized carbons (Fsp3) is 0.467. The molecule has 1 saturated heterocycles. The molecule has 6 heteroatoms. The highest BCUT2D eigenvalue weighted by Gasteiger charge is 2.21. The van der Waals surface area contributed by atoms with E-state index in [9.17, 15) is 9.59 Å². The number of nitrogens with zero attached hydrogens (tertiary/aromatic N) is 1. The van der Waals surface area contributed by atoms with E-state index in [0.717, 1.165) is 5.69 Å². The number of carbonyl (C=O) groups is 2. The smallest absolute Gasteiger partial charge is 0.321 e. The van der Waals surface area contributed by atoms with Gasteiger partial charge in [-0.2, -0.15) is 0 Å². The molecule has 4 amide bonds. The van der Waals surface area contributed by atoms with Crippen LogP contribution in [0.2, 0.25) is 0 Å². The standard InChI is InChI=1S/C15H22N4O2/c1-10(2)11(3)17-14(20)18-12-5-4-6-13(9-12)19-8-7-16-15(19)21/h4-6,9-11H,7-8H2,1-3H3,(H,16,21)(H2,17,18,20). The van der Waals surface area contributed by atoms with Gasteiger partial charge in [-0.1, -0.05) is 19.9 Å². The van der Waals surface area contributed by atoms with Gasteiger partial charge in [0.25, 0.3) is 0 Å². The van der Waals surface area contributed by atoms with Gasteiger partial charge in [0.2, 0.25) is 0 Å². The Morgan fingerprint density at radius 3 is 2.71 bits per heavy atom. The summed E-state index contributed by atoms with van der Waals surface area (Å²) in [5.74, 6) is 0.371. The number of anilines is 2. The van der Waals surface area contributed by atoms with Crippen LogP contribution in [0.4, 0.5) is 21.0 Å². The SMILES string of the molecule is CC(C)C(C)NC(=O)Nc1cccc(N2CCNC2=O)c1. The molecule has 0 aliphatic carbocycles. The zero-order chi connectivity index (χ0) is 15.4. The third-order valence-electron chi connectivity index (χ3n) is 3.63. The molecule has 0 spiro atoms. The molecule has 0 saturated carbocycles. The maximum Gasteiger partial charge on any atom is 0.321 e. The monoisotopic (exact) mass is 290 g/mol. The minimum Gasteiger partial charge on any atom is -0.336 e. The molecule has 3 N–H and O–H groups in total. The van der Waals surface area contributed by atoms with Gasteiger partial charge in [0.15, 0.2) is 0 Å². The first-order valence-corrected chi connectivity index (χ1v) is 7.20. The van der Waals surface area contributed by atoms with Crippen molar-refractivity contribution in [1.29, 1.82) is 0 Å². The number of carbonyl (C=O) groups excluding carboxylic acids is 2. The molecule has 21 heavy (non-hydrogen) atoms. The van der Waals surface area contributed by atoms with E-state index in [1.165, 1.54) is 0 Å². The summed E-state index contributed by atoms with van der Waals surface area (Å²) in [6.45, 7) is 7.35. The quantitative estimate of drug-likeness (QED) is 0.796. The fourth-order valence-corrected chi connectivity index (χ4v) is 2.01. The molecular weight excluding hydrogens is 268 g/mol. The molecule has 1 aromatic rings. The van der Waals surface area contributed by atoms with Crippen molar-refractivity contribution >= 4 is 23.4 Å². The van der Waals surface area contributed by atoms with Crippen LogP contribution in [0, 0.1) is 5.92 Å². The van der Waals surface area contributed by atoms with Crippen molar-refractivity contribution in [3.63, 3.8) is 0 Å². The summed E-state index contributed by atoms with van der Waals surface area (Å²) in [4.78, 5) is 25.2. The maximum atomic E-state index is 11.9. The number of benzene rings is 1. The zero-order valence-corrected chi connectivity index (χ0v) is 12.6. The zero-order valence-electron chi connectivity index (χ0n) is 12.6. The Kier molecular flexibility index (Phi) is 4.67. The third-order valence-corrected chi connectivity index (χ3v) is 3.63. The second kappa shape index (κ2) is 6.47. The molecule has 6 nitrogen and oxygen atoms in total. The highest BCUT2D eigenvalue weighted by atomic mass is 16.2. The summed E-state index contributed by atoms with van der Waals surface area (Å²) in [5.41, 5.74) is 1.44. The van der Waals surface area contributed by atoms with E-state index in [4.69, 9.17) is 0 Å². The van der Waals surface area contributed by atoms with Crippen LogP contribution in [0.1, 0.15) is 20.8 Å². The Bertz CT molecular complexity index is 530. The molecule has 1 fully saturated rings. The maximum absolute atomic E-state index is 11.9. The van der Waals surface area contributed by atoms with Crippen molar-refractivity contribution in [3.8, 4) is 0 Å². The number of amides is 4. The topological polar surface area (TPSA) is 73.5 Å². The van der Waals surface area contributed by atoms with Crippen LogP contribution in [0.15, 0.2) is 24.3 Å². The molecule has 1 atom stereocenters. The molecule has 0 radical (unpaired) electrons. The van der Waals surface area contributed by atoms with Crippen LogP contribution in [0.25, 0.3) is 0 Å². The Morgan fingerprint density at radius 1 is 1.33 bits per heavy atom. The van der Waals surface area contributed by atoms with E-state index in [1.54, 1.807) is 17.0 Å². The lowest BCUT2D eigenvalue weighted by Gasteiger charge is -2.19. The molecule has 1 aliphatic rings. The number of rotatable bonds is 4. The highest BCUT2D eigenvalue weighted by Crippen LogP contribution is 2.20. The molecule has 1 aromatic carbocycles. The van der Waals surface area contributed by atoms with Gasteiger partial charge in [0.05, 0.1) is 0 Å². The number of hydrogen-bond acceptors (Lipinski definition) is 2. The van der Waals surface area contributed by atoms with Crippen molar-refractivity contribution in [3.05, 3.63) is 24.3 Å². The molecule has 0 aromatic heterocycles. The molecule has 1 unspecified atom stereocenters. The van der Waals surface area contributed by atoms with Crippen molar-refractivity contribution < 1.29 is 9.59 Å². The van der Waals surface area contributed by atoms with E-state index >= 15 is 0 Å². The summed E-state index contributed by atoms with van der Waals surface area (Å²) >= 11 is 0. The van der Waals surface area contributed by atoms with E-state index in [0.29, 0.717) is 24.7 Å². The van der Waals surface area contributed by atoms with Crippen molar-refractivity contribution in [2.45, 2.75) is 26.8 Å². The number of urea groups is 2. The fourth-order valence-electron chi connectivity index (χ4n) is 2.01. The van der Waals surface area contributed by atoms with Gasteiger partial charge >= 0.3 is 12.1 Å². The molecule has 0 bridgehead atoms. The predicted octanol–water partition coefficient (Wildman–Crippen LogP) is 2.38. The molecule has 114 valence electrons. The van der Waals surface area contributed by atoms with Crippen molar-refractivity contribution in [1.82, 2.24) is 10.6 Å². The Hall–Kier alpha value is -2.24. The largest absolute Gasteiger partial charge is 0.336 e. The first-order chi connectivity index (χ1) is 9.97. The summed E-state index contributed by atoms with van der Waals surface area (Å²) in [7, 11) is 0. The van der Waals surface area contributed by atoms with E-state index < -0.39 is 0 Å². The van der Waals surface area contributed by atoms with Crippen molar-refractivity contribution in [2.24, 2.45) is 5.92 Å². The van der Waals surface area contributed by atoms with Crippen LogP contribution < -0.4 is 20.9 Å². The first kappa shape index (κ1) is 15.2. The average Bonchev–Trinajstić information content (AvgIpc) is 2.85. The van der Waals surface area contributed by atoms with Crippen LogP contribution in [-0.4, -0.2) is 31.2 Å². The predicted molar refractivity (Wildman–Crippen MR) is 83.6 cm³/mol. The average molecular weight is 290 g/mol. The summed E-state index contributed by atoms with van der Waals surface area (Å²) in [6, 6.07) is 7.02. The second-order valence-electron chi connectivity index (χ2n) is 5.57. The molecule has 2 rings (SSSR count). The van der Waals surface area contributed by atoms with Crippen molar-refractivity contribution in [2.75, 3.05) is 23.3 Å². The minimum atomic E-state index is -0.237. The van der Waals surface area contributed by atoms with Gasteiger partial charge in [-0.15, -0.1) is 0 Å². The van der Waals surface area contributed by atoms with Crippen LogP contribution in [0.3, 0.4) is 0 Å².